The molecule has 0 unspecified atom stereocenters. The van der Waals surface area contributed by atoms with Crippen LogP contribution in [0.1, 0.15) is 31.7 Å². The van der Waals surface area contributed by atoms with E-state index in [4.69, 9.17) is 5.73 Å². The molecule has 3 nitrogen and oxygen atoms in total. The van der Waals surface area contributed by atoms with Crippen LogP contribution in [-0.4, -0.2) is 16.3 Å². The van der Waals surface area contributed by atoms with Crippen molar-refractivity contribution >= 4 is 0 Å². The second-order valence-electron chi connectivity index (χ2n) is 3.90. The summed E-state index contributed by atoms with van der Waals surface area (Å²) in [5.41, 5.74) is 7.40. The molecule has 0 saturated heterocycles. The minimum absolute atomic E-state index is 0.405. The highest BCUT2D eigenvalue weighted by atomic mass is 15.3. The first kappa shape index (κ1) is 8.75. The smallest absolute Gasteiger partial charge is 0.0527 e. The highest BCUT2D eigenvalue weighted by Crippen LogP contribution is 2.50. The molecule has 0 atom stereocenters. The van der Waals surface area contributed by atoms with Crippen molar-refractivity contribution in [1.82, 2.24) is 9.78 Å². The fraction of sp³-hybridized carbons (Fsp3) is 0.700. The average Bonchev–Trinajstić information content (AvgIpc) is 2.78. The molecule has 1 saturated carbocycles. The molecule has 1 heterocycles. The lowest BCUT2D eigenvalue weighted by molar-refractivity contribution is 0.622. The van der Waals surface area contributed by atoms with Gasteiger partial charge < -0.3 is 5.73 Å². The van der Waals surface area contributed by atoms with Gasteiger partial charge in [-0.15, -0.1) is 0 Å². The summed E-state index contributed by atoms with van der Waals surface area (Å²) >= 11 is 0. The Labute approximate surface area is 78.9 Å². The van der Waals surface area contributed by atoms with E-state index in [1.54, 1.807) is 0 Å². The summed E-state index contributed by atoms with van der Waals surface area (Å²) in [6, 6.07) is 0. The highest BCUT2D eigenvalue weighted by Gasteiger charge is 2.44. The van der Waals surface area contributed by atoms with Gasteiger partial charge in [0.15, 0.2) is 0 Å². The predicted molar refractivity (Wildman–Crippen MR) is 52.5 cm³/mol. The van der Waals surface area contributed by atoms with Crippen molar-refractivity contribution in [3.8, 4) is 0 Å². The second-order valence-corrected chi connectivity index (χ2v) is 3.90. The van der Waals surface area contributed by atoms with Gasteiger partial charge in [-0.25, -0.2) is 0 Å². The maximum Gasteiger partial charge on any atom is 0.0527 e. The van der Waals surface area contributed by atoms with E-state index in [1.807, 2.05) is 10.9 Å². The van der Waals surface area contributed by atoms with Gasteiger partial charge in [-0.3, -0.25) is 4.68 Å². The molecule has 0 bridgehead atoms. The van der Waals surface area contributed by atoms with Crippen molar-refractivity contribution in [2.24, 2.45) is 5.73 Å². The standard InChI is InChI=1S/C10H17N3/c1-2-13-8-9(7-12-13)10(3-4-10)5-6-11/h7-8H,2-6,11H2,1H3. The number of nitrogens with zero attached hydrogens (tertiary/aromatic N) is 2. The molecule has 0 radical (unpaired) electrons. The largest absolute Gasteiger partial charge is 0.330 e. The lowest BCUT2D eigenvalue weighted by Crippen LogP contribution is -2.12. The second kappa shape index (κ2) is 3.14. The molecule has 3 heteroatoms. The lowest BCUT2D eigenvalue weighted by atomic mass is 9.96. The number of hydrogen-bond acceptors (Lipinski definition) is 2. The van der Waals surface area contributed by atoms with Gasteiger partial charge in [-0.2, -0.15) is 5.10 Å². The molecule has 1 fully saturated rings. The summed E-state index contributed by atoms with van der Waals surface area (Å²) in [6.07, 6.45) is 7.87. The Hall–Kier alpha value is -0.830. The van der Waals surface area contributed by atoms with Crippen molar-refractivity contribution in [2.75, 3.05) is 6.54 Å². The number of aryl methyl sites for hydroxylation is 1. The Morgan fingerprint density at radius 2 is 2.38 bits per heavy atom. The van der Waals surface area contributed by atoms with Crippen LogP contribution >= 0.6 is 0 Å². The van der Waals surface area contributed by atoms with E-state index >= 15 is 0 Å². The monoisotopic (exact) mass is 179 g/mol. The molecule has 0 spiro atoms. The minimum atomic E-state index is 0.405. The predicted octanol–water partition coefficient (Wildman–Crippen LogP) is 1.28. The third kappa shape index (κ3) is 1.48. The molecular formula is C10H17N3. The van der Waals surface area contributed by atoms with E-state index in [-0.39, 0.29) is 0 Å². The van der Waals surface area contributed by atoms with Crippen LogP contribution in [0.2, 0.25) is 0 Å². The SMILES string of the molecule is CCn1cc(C2(CCN)CC2)cn1. The van der Waals surface area contributed by atoms with Crippen LogP contribution in [-0.2, 0) is 12.0 Å². The van der Waals surface area contributed by atoms with Crippen LogP contribution in [0, 0.1) is 0 Å². The van der Waals surface area contributed by atoms with Gasteiger partial charge in [0.2, 0.25) is 0 Å². The Bertz CT molecular complexity index is 286. The molecule has 1 aromatic rings. The molecule has 13 heavy (non-hydrogen) atoms. The molecule has 2 N–H and O–H groups in total. The molecule has 1 aliphatic carbocycles. The Morgan fingerprint density at radius 1 is 1.62 bits per heavy atom. The normalized spacial score (nSPS) is 18.9. The van der Waals surface area contributed by atoms with Gasteiger partial charge in [0.05, 0.1) is 6.20 Å². The van der Waals surface area contributed by atoms with Crippen LogP contribution in [0.5, 0.6) is 0 Å². The first-order chi connectivity index (χ1) is 6.30. The molecular weight excluding hydrogens is 162 g/mol. The first-order valence-corrected chi connectivity index (χ1v) is 5.04. The molecule has 0 aromatic carbocycles. The third-order valence-corrected chi connectivity index (χ3v) is 3.05. The van der Waals surface area contributed by atoms with E-state index in [9.17, 15) is 0 Å². The topological polar surface area (TPSA) is 43.8 Å². The van der Waals surface area contributed by atoms with Gasteiger partial charge in [0.1, 0.15) is 0 Å². The zero-order valence-corrected chi connectivity index (χ0v) is 8.16. The Balaban J connectivity index is 2.15. The van der Waals surface area contributed by atoms with Crippen LogP contribution in [0.25, 0.3) is 0 Å². The highest BCUT2D eigenvalue weighted by molar-refractivity contribution is 5.26. The molecule has 1 aliphatic rings. The van der Waals surface area contributed by atoms with E-state index in [2.05, 4.69) is 18.2 Å². The summed E-state index contributed by atoms with van der Waals surface area (Å²) < 4.78 is 1.99. The van der Waals surface area contributed by atoms with Crippen molar-refractivity contribution in [3.05, 3.63) is 18.0 Å². The molecule has 0 aliphatic heterocycles. The summed E-state index contributed by atoms with van der Waals surface area (Å²) in [7, 11) is 0. The quantitative estimate of drug-likeness (QED) is 0.756. The number of hydrogen-bond donors (Lipinski definition) is 1. The van der Waals surface area contributed by atoms with Crippen LogP contribution < -0.4 is 5.73 Å². The lowest BCUT2D eigenvalue weighted by Gasteiger charge is -2.10. The van der Waals surface area contributed by atoms with E-state index in [1.165, 1.54) is 18.4 Å². The summed E-state index contributed by atoms with van der Waals surface area (Å²) in [6.45, 7) is 3.86. The first-order valence-electron chi connectivity index (χ1n) is 5.04. The van der Waals surface area contributed by atoms with Crippen molar-refractivity contribution in [3.63, 3.8) is 0 Å². The summed E-state index contributed by atoms with van der Waals surface area (Å²) in [5.74, 6) is 0. The zero-order chi connectivity index (χ0) is 9.31. The third-order valence-electron chi connectivity index (χ3n) is 3.05. The van der Waals surface area contributed by atoms with Crippen molar-refractivity contribution in [2.45, 2.75) is 38.1 Å². The fourth-order valence-electron chi connectivity index (χ4n) is 1.92. The number of aromatic nitrogens is 2. The maximum absolute atomic E-state index is 5.60. The van der Waals surface area contributed by atoms with Gasteiger partial charge >= 0.3 is 0 Å². The number of rotatable bonds is 4. The van der Waals surface area contributed by atoms with Crippen molar-refractivity contribution in [1.29, 1.82) is 0 Å². The molecule has 0 amide bonds. The fourth-order valence-corrected chi connectivity index (χ4v) is 1.92. The summed E-state index contributed by atoms with van der Waals surface area (Å²) in [5, 5.41) is 4.30. The van der Waals surface area contributed by atoms with Crippen LogP contribution in [0.15, 0.2) is 12.4 Å². The van der Waals surface area contributed by atoms with E-state index in [0.29, 0.717) is 5.41 Å². The van der Waals surface area contributed by atoms with Crippen molar-refractivity contribution < 1.29 is 0 Å². The molecule has 72 valence electrons. The van der Waals surface area contributed by atoms with E-state index < -0.39 is 0 Å². The minimum Gasteiger partial charge on any atom is -0.330 e. The molecule has 1 aromatic heterocycles. The van der Waals surface area contributed by atoms with Gasteiger partial charge in [-0.05, 0) is 43.7 Å². The summed E-state index contributed by atoms with van der Waals surface area (Å²) in [4.78, 5) is 0. The maximum atomic E-state index is 5.60. The van der Waals surface area contributed by atoms with Gasteiger partial charge in [0.25, 0.3) is 0 Å². The van der Waals surface area contributed by atoms with Crippen LogP contribution in [0.3, 0.4) is 0 Å². The average molecular weight is 179 g/mol. The van der Waals surface area contributed by atoms with Gasteiger partial charge in [0, 0.05) is 12.7 Å². The van der Waals surface area contributed by atoms with Gasteiger partial charge in [-0.1, -0.05) is 0 Å². The molecule has 2 rings (SSSR count). The Kier molecular flexibility index (Phi) is 2.12. The Morgan fingerprint density at radius 3 is 2.85 bits per heavy atom. The zero-order valence-electron chi connectivity index (χ0n) is 8.16. The van der Waals surface area contributed by atoms with E-state index in [0.717, 1.165) is 19.5 Å². The number of nitrogens with two attached hydrogens (primary N) is 1. The van der Waals surface area contributed by atoms with Crippen LogP contribution in [0.4, 0.5) is 0 Å².